The maximum Gasteiger partial charge on any atom is 0.354 e. The van der Waals surface area contributed by atoms with E-state index in [2.05, 4.69) is 0 Å². The summed E-state index contributed by atoms with van der Waals surface area (Å²) < 4.78 is 21.0. The molecule has 0 unspecified atom stereocenters. The Morgan fingerprint density at radius 1 is 0.920 bits per heavy atom. The highest BCUT2D eigenvalue weighted by Gasteiger charge is 2.18. The molecule has 0 fully saturated rings. The van der Waals surface area contributed by atoms with E-state index in [1.165, 1.54) is 21.3 Å². The van der Waals surface area contributed by atoms with Crippen LogP contribution in [0.5, 0.6) is 17.2 Å². The molecule has 0 atom stereocenters. The van der Waals surface area contributed by atoms with Gasteiger partial charge < -0.3 is 18.6 Å². The van der Waals surface area contributed by atoms with Gasteiger partial charge in [0.1, 0.15) is 34.5 Å². The van der Waals surface area contributed by atoms with Crippen molar-refractivity contribution in [2.24, 2.45) is 0 Å². The first-order chi connectivity index (χ1) is 12.1. The maximum absolute atomic E-state index is 12.3. The van der Waals surface area contributed by atoms with Crippen molar-refractivity contribution in [2.75, 3.05) is 21.3 Å². The third-order valence-corrected chi connectivity index (χ3v) is 3.87. The van der Waals surface area contributed by atoms with Crippen molar-refractivity contribution in [1.29, 1.82) is 5.26 Å². The van der Waals surface area contributed by atoms with Crippen molar-refractivity contribution in [2.45, 2.75) is 0 Å². The number of hydrogen-bond acceptors (Lipinski definition) is 6. The molecular weight excluding hydrogens is 322 g/mol. The van der Waals surface area contributed by atoms with Crippen LogP contribution in [0.2, 0.25) is 0 Å². The molecule has 0 spiro atoms. The van der Waals surface area contributed by atoms with Crippen LogP contribution in [-0.2, 0) is 0 Å². The molecule has 0 aliphatic rings. The molecule has 0 N–H and O–H groups in total. The minimum absolute atomic E-state index is 0.0760. The fraction of sp³-hybridized carbons (Fsp3) is 0.158. The Morgan fingerprint density at radius 3 is 2.12 bits per heavy atom. The van der Waals surface area contributed by atoms with E-state index < -0.39 is 5.63 Å². The molecule has 0 saturated heterocycles. The summed E-state index contributed by atoms with van der Waals surface area (Å²) in [6.45, 7) is 0. The van der Waals surface area contributed by atoms with Crippen LogP contribution in [0.3, 0.4) is 0 Å². The van der Waals surface area contributed by atoms with Gasteiger partial charge in [-0.25, -0.2) is 4.79 Å². The van der Waals surface area contributed by atoms with Crippen molar-refractivity contribution in [3.05, 3.63) is 52.4 Å². The van der Waals surface area contributed by atoms with Crippen molar-refractivity contribution >= 4 is 11.0 Å². The van der Waals surface area contributed by atoms with E-state index in [0.29, 0.717) is 39.3 Å². The van der Waals surface area contributed by atoms with Crippen molar-refractivity contribution in [3.63, 3.8) is 0 Å². The lowest BCUT2D eigenvalue weighted by molar-refractivity contribution is 0.394. The predicted octanol–water partition coefficient (Wildman–Crippen LogP) is 3.36. The Balaban J connectivity index is 2.42. The third kappa shape index (κ3) is 2.88. The largest absolute Gasteiger partial charge is 0.497 e. The number of methoxy groups -OCH3 is 3. The standard InChI is InChI=1S/C19H15NO5/c1-22-12-4-5-15-17(9-12)25-19(21)16(10-20)18(15)11-6-13(23-2)8-14(7-11)24-3/h4-9H,1-3H3. The van der Waals surface area contributed by atoms with Gasteiger partial charge in [-0.3, -0.25) is 0 Å². The minimum atomic E-state index is -0.708. The first-order valence-corrected chi connectivity index (χ1v) is 7.39. The van der Waals surface area contributed by atoms with Crippen molar-refractivity contribution in [1.82, 2.24) is 0 Å². The zero-order valence-electron chi connectivity index (χ0n) is 14.0. The number of fused-ring (bicyclic) bond motifs is 1. The zero-order valence-corrected chi connectivity index (χ0v) is 14.0. The highest BCUT2D eigenvalue weighted by molar-refractivity contribution is 5.97. The smallest absolute Gasteiger partial charge is 0.354 e. The lowest BCUT2D eigenvalue weighted by Gasteiger charge is -2.12. The molecule has 1 heterocycles. The molecule has 25 heavy (non-hydrogen) atoms. The summed E-state index contributed by atoms with van der Waals surface area (Å²) in [5.74, 6) is 1.65. The average Bonchev–Trinajstić information content (AvgIpc) is 2.65. The second kappa shape index (κ2) is 6.57. The fourth-order valence-electron chi connectivity index (χ4n) is 2.66. The second-order valence-corrected chi connectivity index (χ2v) is 5.21. The first kappa shape index (κ1) is 16.4. The number of rotatable bonds is 4. The molecule has 0 amide bonds. The summed E-state index contributed by atoms with van der Waals surface area (Å²) in [4.78, 5) is 12.3. The molecular formula is C19H15NO5. The Kier molecular flexibility index (Phi) is 4.31. The molecule has 6 heteroatoms. The van der Waals surface area contributed by atoms with Gasteiger partial charge in [0.25, 0.3) is 0 Å². The highest BCUT2D eigenvalue weighted by atomic mass is 16.5. The van der Waals surface area contributed by atoms with E-state index in [1.54, 1.807) is 36.4 Å². The van der Waals surface area contributed by atoms with E-state index in [4.69, 9.17) is 18.6 Å². The van der Waals surface area contributed by atoms with Crippen molar-refractivity contribution in [3.8, 4) is 34.4 Å². The van der Waals surface area contributed by atoms with Crippen LogP contribution in [0.15, 0.2) is 45.6 Å². The summed E-state index contributed by atoms with van der Waals surface area (Å²) in [5.41, 5.74) is 0.637. The number of ether oxygens (including phenoxy) is 3. The molecule has 0 aliphatic heterocycles. The summed E-state index contributed by atoms with van der Waals surface area (Å²) >= 11 is 0. The highest BCUT2D eigenvalue weighted by Crippen LogP contribution is 2.36. The molecule has 0 radical (unpaired) electrons. The summed E-state index contributed by atoms with van der Waals surface area (Å²) in [6, 6.07) is 12.2. The summed E-state index contributed by atoms with van der Waals surface area (Å²) in [7, 11) is 4.59. The number of benzene rings is 2. The molecule has 126 valence electrons. The van der Waals surface area contributed by atoms with Gasteiger partial charge >= 0.3 is 5.63 Å². The summed E-state index contributed by atoms with van der Waals surface area (Å²) in [5, 5.41) is 10.1. The van der Waals surface area contributed by atoms with Crippen LogP contribution in [0.1, 0.15) is 5.56 Å². The Labute approximate surface area is 143 Å². The molecule has 0 saturated carbocycles. The molecule has 0 aliphatic carbocycles. The Morgan fingerprint density at radius 2 is 1.56 bits per heavy atom. The SMILES string of the molecule is COc1cc(OC)cc(-c2c(C#N)c(=O)oc3cc(OC)ccc23)c1. The normalized spacial score (nSPS) is 10.3. The van der Waals surface area contributed by atoms with Gasteiger partial charge in [0.2, 0.25) is 0 Å². The summed E-state index contributed by atoms with van der Waals surface area (Å²) in [6.07, 6.45) is 0. The molecule has 6 nitrogen and oxygen atoms in total. The topological polar surface area (TPSA) is 81.7 Å². The minimum Gasteiger partial charge on any atom is -0.497 e. The fourth-order valence-corrected chi connectivity index (χ4v) is 2.66. The van der Waals surface area contributed by atoms with Gasteiger partial charge in [-0.05, 0) is 29.8 Å². The van der Waals surface area contributed by atoms with Crippen LogP contribution >= 0.6 is 0 Å². The lowest BCUT2D eigenvalue weighted by Crippen LogP contribution is -2.07. The molecule has 1 aromatic heterocycles. The molecule has 2 aromatic carbocycles. The maximum atomic E-state index is 12.3. The predicted molar refractivity (Wildman–Crippen MR) is 92.3 cm³/mol. The van der Waals surface area contributed by atoms with Gasteiger partial charge in [0, 0.05) is 23.1 Å². The van der Waals surface area contributed by atoms with Crippen LogP contribution in [0.4, 0.5) is 0 Å². The molecule has 3 rings (SSSR count). The third-order valence-electron chi connectivity index (χ3n) is 3.87. The van der Waals surface area contributed by atoms with Crippen molar-refractivity contribution < 1.29 is 18.6 Å². The monoisotopic (exact) mass is 337 g/mol. The quantitative estimate of drug-likeness (QED) is 0.679. The number of nitriles is 1. The van der Waals surface area contributed by atoms with E-state index in [-0.39, 0.29) is 5.56 Å². The average molecular weight is 337 g/mol. The van der Waals surface area contributed by atoms with Gasteiger partial charge in [-0.1, -0.05) is 0 Å². The first-order valence-electron chi connectivity index (χ1n) is 7.39. The van der Waals surface area contributed by atoms with Crippen LogP contribution < -0.4 is 19.8 Å². The van der Waals surface area contributed by atoms with Gasteiger partial charge in [0.05, 0.1) is 21.3 Å². The van der Waals surface area contributed by atoms with Gasteiger partial charge in [-0.15, -0.1) is 0 Å². The second-order valence-electron chi connectivity index (χ2n) is 5.21. The van der Waals surface area contributed by atoms with E-state index in [0.717, 1.165) is 0 Å². The Hall–Kier alpha value is -3.46. The van der Waals surface area contributed by atoms with Crippen LogP contribution in [-0.4, -0.2) is 21.3 Å². The number of hydrogen-bond donors (Lipinski definition) is 0. The van der Waals surface area contributed by atoms with Crippen LogP contribution in [0, 0.1) is 11.3 Å². The Bertz CT molecular complexity index is 1020. The van der Waals surface area contributed by atoms with Gasteiger partial charge in [0.15, 0.2) is 0 Å². The van der Waals surface area contributed by atoms with E-state index in [1.807, 2.05) is 6.07 Å². The molecule has 0 bridgehead atoms. The van der Waals surface area contributed by atoms with Gasteiger partial charge in [-0.2, -0.15) is 5.26 Å². The molecule has 3 aromatic rings. The van der Waals surface area contributed by atoms with E-state index in [9.17, 15) is 10.1 Å². The lowest BCUT2D eigenvalue weighted by atomic mass is 9.97. The van der Waals surface area contributed by atoms with Crippen LogP contribution in [0.25, 0.3) is 22.1 Å². The number of nitrogens with zero attached hydrogens (tertiary/aromatic N) is 1. The zero-order chi connectivity index (χ0) is 18.0. The van der Waals surface area contributed by atoms with E-state index >= 15 is 0 Å².